The molecular weight excluding hydrogens is 476 g/mol. The topological polar surface area (TPSA) is 62.1 Å². The zero-order chi connectivity index (χ0) is 23.0. The molecule has 1 aliphatic heterocycles. The monoisotopic (exact) mass is 502 g/mol. The standard InChI is InChI=1S/C28H27BrN2O2/c29-16-8-2-5-12-23-22-11-6-7-13-25(22)31-27(28(23)32)24-17-21(18-30)14-15-26(24)33-19-20-9-3-1-4-10-20/h1,3-4,6-7,9-11,13-15,17,23,27,31H,2,5,8,12,16,19H2. The molecular formula is C28H27BrN2O2. The molecule has 0 aliphatic carbocycles. The number of nitriles is 1. The lowest BCUT2D eigenvalue weighted by molar-refractivity contribution is -0.121. The van der Waals surface area contributed by atoms with Gasteiger partial charge in [0.25, 0.3) is 0 Å². The number of alkyl halides is 1. The van der Waals surface area contributed by atoms with Crippen LogP contribution in [0.5, 0.6) is 5.75 Å². The highest BCUT2D eigenvalue weighted by Crippen LogP contribution is 2.42. The molecule has 1 aliphatic rings. The zero-order valence-corrected chi connectivity index (χ0v) is 20.1. The van der Waals surface area contributed by atoms with E-state index < -0.39 is 6.04 Å². The quantitative estimate of drug-likeness (QED) is 0.255. The van der Waals surface area contributed by atoms with Crippen LogP contribution < -0.4 is 10.1 Å². The third kappa shape index (κ3) is 5.46. The predicted molar refractivity (Wildman–Crippen MR) is 135 cm³/mol. The normalized spacial score (nSPS) is 17.0. The summed E-state index contributed by atoms with van der Waals surface area (Å²) < 4.78 is 6.15. The zero-order valence-electron chi connectivity index (χ0n) is 18.5. The Morgan fingerprint density at radius 2 is 1.73 bits per heavy atom. The number of nitrogens with one attached hydrogen (secondary N) is 1. The first-order valence-electron chi connectivity index (χ1n) is 11.4. The molecule has 0 spiro atoms. The highest BCUT2D eigenvalue weighted by atomic mass is 79.9. The molecule has 0 bridgehead atoms. The third-order valence-electron chi connectivity index (χ3n) is 6.08. The maximum Gasteiger partial charge on any atom is 0.167 e. The number of ether oxygens (including phenoxy) is 1. The molecule has 168 valence electrons. The summed E-state index contributed by atoms with van der Waals surface area (Å²) in [6, 6.07) is 24.9. The number of para-hydroxylation sites is 1. The van der Waals surface area contributed by atoms with Crippen molar-refractivity contribution in [2.45, 2.75) is 44.2 Å². The van der Waals surface area contributed by atoms with Crippen LogP contribution in [-0.4, -0.2) is 11.1 Å². The number of anilines is 1. The Morgan fingerprint density at radius 1 is 0.939 bits per heavy atom. The van der Waals surface area contributed by atoms with Crippen LogP contribution in [0.4, 0.5) is 5.69 Å². The van der Waals surface area contributed by atoms with Gasteiger partial charge in [-0.15, -0.1) is 0 Å². The van der Waals surface area contributed by atoms with Crippen LogP contribution in [-0.2, 0) is 11.4 Å². The lowest BCUT2D eigenvalue weighted by atomic mass is 9.80. The van der Waals surface area contributed by atoms with Crippen LogP contribution in [0.1, 0.15) is 59.9 Å². The van der Waals surface area contributed by atoms with Crippen molar-refractivity contribution < 1.29 is 9.53 Å². The molecule has 2 atom stereocenters. The summed E-state index contributed by atoms with van der Waals surface area (Å²) in [5, 5.41) is 13.9. The van der Waals surface area contributed by atoms with Crippen LogP contribution in [0.15, 0.2) is 72.8 Å². The molecule has 5 heteroatoms. The van der Waals surface area contributed by atoms with E-state index in [0.717, 1.165) is 53.4 Å². The van der Waals surface area contributed by atoms with Crippen LogP contribution in [0, 0.1) is 11.3 Å². The van der Waals surface area contributed by atoms with Gasteiger partial charge in [-0.2, -0.15) is 5.26 Å². The summed E-state index contributed by atoms with van der Waals surface area (Å²) in [5.74, 6) is 0.587. The van der Waals surface area contributed by atoms with Gasteiger partial charge in [-0.3, -0.25) is 4.79 Å². The maximum atomic E-state index is 13.8. The summed E-state index contributed by atoms with van der Waals surface area (Å²) in [6.07, 6.45) is 4.01. The number of rotatable bonds is 9. The molecule has 0 saturated carbocycles. The van der Waals surface area contributed by atoms with Gasteiger partial charge in [0.2, 0.25) is 0 Å². The number of ketones is 1. The van der Waals surface area contributed by atoms with E-state index in [9.17, 15) is 10.1 Å². The van der Waals surface area contributed by atoms with Gasteiger partial charge in [-0.05, 0) is 48.2 Å². The van der Waals surface area contributed by atoms with Gasteiger partial charge in [-0.1, -0.05) is 77.3 Å². The van der Waals surface area contributed by atoms with Crippen molar-refractivity contribution in [3.63, 3.8) is 0 Å². The number of benzene rings is 3. The lowest BCUT2D eigenvalue weighted by Crippen LogP contribution is -2.32. The molecule has 3 aromatic carbocycles. The fraction of sp³-hybridized carbons (Fsp3) is 0.286. The average Bonchev–Trinajstić information content (AvgIpc) is 2.86. The first kappa shape index (κ1) is 23.1. The number of nitrogens with zero attached hydrogens (tertiary/aromatic N) is 1. The van der Waals surface area contributed by atoms with Crippen LogP contribution >= 0.6 is 15.9 Å². The second-order valence-electron chi connectivity index (χ2n) is 8.30. The fourth-order valence-corrected chi connectivity index (χ4v) is 4.77. The van der Waals surface area contributed by atoms with E-state index in [-0.39, 0.29) is 11.7 Å². The number of carbonyl (C=O) groups is 1. The summed E-state index contributed by atoms with van der Waals surface area (Å²) in [5.41, 5.74) is 4.31. The van der Waals surface area contributed by atoms with Crippen molar-refractivity contribution in [3.8, 4) is 11.8 Å². The Bertz CT molecular complexity index is 1140. The van der Waals surface area contributed by atoms with Crippen molar-refractivity contribution in [2.75, 3.05) is 10.6 Å². The molecule has 0 aromatic heterocycles. The van der Waals surface area contributed by atoms with Gasteiger partial charge in [0.15, 0.2) is 5.78 Å². The minimum Gasteiger partial charge on any atom is -0.489 e. The maximum absolute atomic E-state index is 13.8. The van der Waals surface area contributed by atoms with E-state index >= 15 is 0 Å². The molecule has 4 nitrogen and oxygen atoms in total. The van der Waals surface area contributed by atoms with Gasteiger partial charge in [-0.25, -0.2) is 0 Å². The summed E-state index contributed by atoms with van der Waals surface area (Å²) in [6.45, 7) is 0.396. The van der Waals surface area contributed by atoms with E-state index in [4.69, 9.17) is 4.74 Å². The molecule has 0 saturated heterocycles. The Labute approximate surface area is 203 Å². The number of carbonyl (C=O) groups excluding carboxylic acids is 1. The van der Waals surface area contributed by atoms with Gasteiger partial charge in [0, 0.05) is 22.5 Å². The molecule has 0 radical (unpaired) electrons. The minimum atomic E-state index is -0.555. The van der Waals surface area contributed by atoms with E-state index in [1.54, 1.807) is 18.2 Å². The Balaban J connectivity index is 1.65. The predicted octanol–water partition coefficient (Wildman–Crippen LogP) is 6.91. The first-order valence-corrected chi connectivity index (χ1v) is 12.5. The molecule has 2 unspecified atom stereocenters. The van der Waals surface area contributed by atoms with Crippen LogP contribution in [0.25, 0.3) is 0 Å². The van der Waals surface area contributed by atoms with Crippen molar-refractivity contribution in [1.82, 2.24) is 0 Å². The highest BCUT2D eigenvalue weighted by Gasteiger charge is 2.36. The highest BCUT2D eigenvalue weighted by molar-refractivity contribution is 9.09. The molecule has 0 amide bonds. The number of fused-ring (bicyclic) bond motifs is 1. The Morgan fingerprint density at radius 3 is 2.52 bits per heavy atom. The van der Waals surface area contributed by atoms with Crippen molar-refractivity contribution in [3.05, 3.63) is 95.1 Å². The van der Waals surface area contributed by atoms with Gasteiger partial charge in [0.1, 0.15) is 18.4 Å². The van der Waals surface area contributed by atoms with Crippen molar-refractivity contribution >= 4 is 27.4 Å². The number of hydrogen-bond donors (Lipinski definition) is 1. The van der Waals surface area contributed by atoms with E-state index in [2.05, 4.69) is 27.3 Å². The average molecular weight is 503 g/mol. The SMILES string of the molecule is N#Cc1ccc(OCc2ccccc2)c(C2Nc3ccccc3C(CCCCCBr)C2=O)c1. The third-order valence-corrected chi connectivity index (χ3v) is 6.64. The Hall–Kier alpha value is -3.10. The van der Waals surface area contributed by atoms with E-state index in [1.807, 2.05) is 54.6 Å². The lowest BCUT2D eigenvalue weighted by Gasteiger charge is -2.33. The smallest absolute Gasteiger partial charge is 0.167 e. The largest absolute Gasteiger partial charge is 0.489 e. The second kappa shape index (κ2) is 11.2. The summed E-state index contributed by atoms with van der Waals surface area (Å²) in [4.78, 5) is 13.8. The first-order chi connectivity index (χ1) is 16.2. The van der Waals surface area contributed by atoms with Crippen molar-refractivity contribution in [1.29, 1.82) is 5.26 Å². The number of halogens is 1. The molecule has 3 aromatic rings. The van der Waals surface area contributed by atoms with Crippen LogP contribution in [0.3, 0.4) is 0 Å². The fourth-order valence-electron chi connectivity index (χ4n) is 4.37. The minimum absolute atomic E-state index is 0.132. The van der Waals surface area contributed by atoms with Crippen molar-refractivity contribution in [2.24, 2.45) is 0 Å². The van der Waals surface area contributed by atoms with Crippen LogP contribution in [0.2, 0.25) is 0 Å². The molecule has 1 heterocycles. The molecule has 33 heavy (non-hydrogen) atoms. The van der Waals surface area contributed by atoms with Gasteiger partial charge >= 0.3 is 0 Å². The summed E-state index contributed by atoms with van der Waals surface area (Å²) in [7, 11) is 0. The number of hydrogen-bond acceptors (Lipinski definition) is 4. The van der Waals surface area contributed by atoms with E-state index in [0.29, 0.717) is 17.9 Å². The molecule has 1 N–H and O–H groups in total. The van der Waals surface area contributed by atoms with E-state index in [1.165, 1.54) is 0 Å². The Kier molecular flexibility index (Phi) is 7.80. The summed E-state index contributed by atoms with van der Waals surface area (Å²) >= 11 is 3.49. The molecule has 4 rings (SSSR count). The molecule has 0 fully saturated rings. The van der Waals surface area contributed by atoms with Gasteiger partial charge in [0.05, 0.1) is 11.6 Å². The number of Topliss-reactive ketones (excluding diaryl/α,β-unsaturated/α-hetero) is 1. The van der Waals surface area contributed by atoms with Gasteiger partial charge < -0.3 is 10.1 Å². The number of unbranched alkanes of at least 4 members (excludes halogenated alkanes) is 2. The second-order valence-corrected chi connectivity index (χ2v) is 9.09.